The maximum Gasteiger partial charge on any atom is 0.334 e. The number of aromatic nitrogens is 2. The first-order chi connectivity index (χ1) is 16.0. The van der Waals surface area contributed by atoms with Gasteiger partial charge in [-0.2, -0.15) is 0 Å². The molecule has 2 aliphatic carbocycles. The van der Waals surface area contributed by atoms with Gasteiger partial charge in [0.1, 0.15) is 16.9 Å². The highest BCUT2D eigenvalue weighted by atomic mass is 16.3. The topological polar surface area (TPSA) is 143 Å². The van der Waals surface area contributed by atoms with Crippen molar-refractivity contribution < 1.29 is 14.7 Å². The van der Waals surface area contributed by atoms with E-state index in [1.54, 1.807) is 11.9 Å². The van der Waals surface area contributed by atoms with Crippen LogP contribution in [0.2, 0.25) is 0 Å². The van der Waals surface area contributed by atoms with Crippen LogP contribution in [0.15, 0.2) is 14.6 Å². The van der Waals surface area contributed by atoms with Crippen molar-refractivity contribution in [1.29, 1.82) is 0 Å². The van der Waals surface area contributed by atoms with Crippen LogP contribution in [0.5, 0.6) is 5.88 Å². The Morgan fingerprint density at radius 2 is 1.76 bits per heavy atom. The summed E-state index contributed by atoms with van der Waals surface area (Å²) in [5, 5.41) is 10.7. The molecule has 3 fully saturated rings. The van der Waals surface area contributed by atoms with Gasteiger partial charge in [0, 0.05) is 33.7 Å². The molecule has 0 aromatic carbocycles. The first-order valence-corrected chi connectivity index (χ1v) is 11.9. The molecule has 0 radical (unpaired) electrons. The van der Waals surface area contributed by atoms with Gasteiger partial charge in [0.25, 0.3) is 11.5 Å². The van der Waals surface area contributed by atoms with Crippen LogP contribution in [0.25, 0.3) is 0 Å². The summed E-state index contributed by atoms with van der Waals surface area (Å²) in [4.78, 5) is 58.2. The number of unbranched alkanes of at least 4 members (excludes halogenated alkanes) is 1. The summed E-state index contributed by atoms with van der Waals surface area (Å²) in [7, 11) is 4.63. The molecule has 11 nitrogen and oxygen atoms in total. The van der Waals surface area contributed by atoms with Crippen LogP contribution in [0.4, 0.5) is 4.79 Å². The fourth-order valence-corrected chi connectivity index (χ4v) is 6.19. The summed E-state index contributed by atoms with van der Waals surface area (Å²) in [6.07, 6.45) is 5.35. The predicted molar refractivity (Wildman–Crippen MR) is 126 cm³/mol. The molecule has 2 saturated carbocycles. The van der Waals surface area contributed by atoms with Crippen LogP contribution in [0.1, 0.15) is 69.9 Å². The van der Waals surface area contributed by atoms with E-state index in [0.717, 1.165) is 19.3 Å². The number of nitrogens with zero attached hydrogens (tertiary/aromatic N) is 5. The Morgan fingerprint density at radius 1 is 1.15 bits per heavy atom. The molecule has 11 heteroatoms. The molecular weight excluding hydrogens is 440 g/mol. The molecule has 186 valence electrons. The van der Waals surface area contributed by atoms with Gasteiger partial charge in [0.2, 0.25) is 5.88 Å². The third-order valence-electron chi connectivity index (χ3n) is 8.22. The number of amidine groups is 1. The Kier molecular flexibility index (Phi) is 5.85. The Hall–Kier alpha value is -3.11. The van der Waals surface area contributed by atoms with Crippen molar-refractivity contribution in [3.63, 3.8) is 0 Å². The molecular formula is C23H34N6O5. The number of nitrogens with two attached hydrogens (primary N) is 1. The Labute approximate surface area is 197 Å². The summed E-state index contributed by atoms with van der Waals surface area (Å²) < 4.78 is 2.45. The van der Waals surface area contributed by atoms with Crippen molar-refractivity contribution in [2.45, 2.75) is 76.4 Å². The van der Waals surface area contributed by atoms with Crippen molar-refractivity contribution in [1.82, 2.24) is 18.9 Å². The highest BCUT2D eigenvalue weighted by molar-refractivity contribution is 6.07. The molecule has 1 saturated heterocycles. The van der Waals surface area contributed by atoms with Gasteiger partial charge in [-0.3, -0.25) is 28.6 Å². The quantitative estimate of drug-likeness (QED) is 0.370. The first-order valence-electron chi connectivity index (χ1n) is 11.9. The molecule has 1 aliphatic heterocycles. The minimum atomic E-state index is -0.764. The van der Waals surface area contributed by atoms with E-state index in [9.17, 15) is 24.3 Å². The second kappa shape index (κ2) is 8.28. The zero-order valence-corrected chi connectivity index (χ0v) is 20.3. The lowest BCUT2D eigenvalue weighted by molar-refractivity contribution is -0.148. The Bertz CT molecular complexity index is 1170. The van der Waals surface area contributed by atoms with Gasteiger partial charge in [-0.05, 0) is 50.4 Å². The predicted octanol–water partition coefficient (Wildman–Crippen LogP) is 1.01. The first kappa shape index (κ1) is 24.0. The largest absolute Gasteiger partial charge is 0.494 e. The lowest BCUT2D eigenvalue weighted by atomic mass is 9.51. The van der Waals surface area contributed by atoms with Crippen molar-refractivity contribution >= 4 is 17.8 Å². The van der Waals surface area contributed by atoms with E-state index in [0.29, 0.717) is 32.1 Å². The molecule has 0 bridgehead atoms. The van der Waals surface area contributed by atoms with Crippen molar-refractivity contribution in [2.75, 3.05) is 21.1 Å². The number of likely N-dealkylation sites (N-methyl/N-ethyl adjacent to an activating group) is 2. The number of hydrogen-bond donors (Lipinski definition) is 2. The number of aromatic hydroxyl groups is 1. The van der Waals surface area contributed by atoms with Crippen LogP contribution in [0.3, 0.4) is 0 Å². The van der Waals surface area contributed by atoms with E-state index in [1.165, 1.54) is 28.1 Å². The lowest BCUT2D eigenvalue weighted by Crippen LogP contribution is -2.63. The van der Waals surface area contributed by atoms with Gasteiger partial charge in [-0.15, -0.1) is 0 Å². The lowest BCUT2D eigenvalue weighted by Gasteiger charge is -2.57. The summed E-state index contributed by atoms with van der Waals surface area (Å²) >= 11 is 0. The molecule has 0 atom stereocenters. The fourth-order valence-electron chi connectivity index (χ4n) is 6.19. The van der Waals surface area contributed by atoms with Crippen molar-refractivity contribution in [3.8, 4) is 5.88 Å². The van der Waals surface area contributed by atoms with Crippen LogP contribution in [-0.4, -0.2) is 68.5 Å². The Morgan fingerprint density at radius 3 is 2.26 bits per heavy atom. The highest BCUT2D eigenvalue weighted by Gasteiger charge is 2.66. The second-order valence-corrected chi connectivity index (χ2v) is 10.1. The Balaban J connectivity index is 1.61. The van der Waals surface area contributed by atoms with Gasteiger partial charge in [0.15, 0.2) is 0 Å². The average molecular weight is 475 g/mol. The van der Waals surface area contributed by atoms with E-state index in [2.05, 4.69) is 4.99 Å². The van der Waals surface area contributed by atoms with Crippen LogP contribution in [-0.2, 0) is 11.3 Å². The van der Waals surface area contributed by atoms with Gasteiger partial charge in [0.05, 0.1) is 0 Å². The number of imide groups is 1. The van der Waals surface area contributed by atoms with E-state index in [4.69, 9.17) is 5.73 Å². The number of carbonyl (C=O) groups is 2. The summed E-state index contributed by atoms with van der Waals surface area (Å²) in [5.74, 6) is -0.695. The number of rotatable bonds is 5. The standard InChI is InChI=1S/C23H34N6O5/c1-5-6-11-28-17(30)15(16(24)25-2)18(31)29(21(28)34)14-7-9-22(10-8-14)12-23(13-22)19(32)26(3)20(33)27(23)4/h14,30H,5-13H2,1-4H3,(H2,24,25). The van der Waals surface area contributed by atoms with Crippen molar-refractivity contribution in [2.24, 2.45) is 16.1 Å². The summed E-state index contributed by atoms with van der Waals surface area (Å²) in [5.41, 5.74) is 3.78. The smallest absolute Gasteiger partial charge is 0.334 e. The van der Waals surface area contributed by atoms with Crippen LogP contribution in [0, 0.1) is 5.41 Å². The third-order valence-corrected chi connectivity index (χ3v) is 8.22. The molecule has 0 unspecified atom stereocenters. The second-order valence-electron chi connectivity index (χ2n) is 10.1. The number of aliphatic imine (C=N–C) groups is 1. The maximum atomic E-state index is 13.3. The monoisotopic (exact) mass is 474 g/mol. The molecule has 2 heterocycles. The van der Waals surface area contributed by atoms with Gasteiger partial charge >= 0.3 is 11.7 Å². The van der Waals surface area contributed by atoms with E-state index < -0.39 is 22.7 Å². The fraction of sp³-hybridized carbons (Fsp3) is 0.696. The van der Waals surface area contributed by atoms with Crippen molar-refractivity contribution in [3.05, 3.63) is 26.4 Å². The number of amides is 3. The van der Waals surface area contributed by atoms with Gasteiger partial charge in [-0.25, -0.2) is 9.59 Å². The zero-order chi connectivity index (χ0) is 25.0. The molecule has 2 spiro atoms. The van der Waals surface area contributed by atoms with Gasteiger partial charge in [-0.1, -0.05) is 13.3 Å². The molecule has 3 amide bonds. The SMILES string of the molecule is CCCCn1c(O)c(C(N)=NC)c(=O)n(C2CCC3(CC2)CC2(C3)C(=O)N(C)C(=O)N2C)c1=O. The highest BCUT2D eigenvalue weighted by Crippen LogP contribution is 2.61. The zero-order valence-electron chi connectivity index (χ0n) is 20.3. The number of hydrogen-bond acceptors (Lipinski definition) is 6. The average Bonchev–Trinajstić information content (AvgIpc) is 2.95. The van der Waals surface area contributed by atoms with E-state index in [-0.39, 0.29) is 41.3 Å². The normalized spacial score (nSPS) is 29.4. The molecule has 1 aromatic heterocycles. The van der Waals surface area contributed by atoms with Crippen LogP contribution >= 0.6 is 0 Å². The van der Waals surface area contributed by atoms with E-state index in [1.807, 2.05) is 6.92 Å². The molecule has 4 rings (SSSR count). The molecule has 1 aromatic rings. The molecule has 3 N–H and O–H groups in total. The number of urea groups is 1. The van der Waals surface area contributed by atoms with E-state index >= 15 is 0 Å². The maximum absolute atomic E-state index is 13.3. The minimum absolute atomic E-state index is 0.0830. The molecule has 34 heavy (non-hydrogen) atoms. The molecule has 3 aliphatic rings. The third kappa shape index (κ3) is 3.27. The summed E-state index contributed by atoms with van der Waals surface area (Å²) in [6.45, 7) is 2.26. The van der Waals surface area contributed by atoms with Crippen LogP contribution < -0.4 is 17.0 Å². The van der Waals surface area contributed by atoms with Gasteiger partial charge < -0.3 is 15.7 Å². The minimum Gasteiger partial charge on any atom is -0.494 e. The number of carbonyl (C=O) groups excluding carboxylic acids is 2. The summed E-state index contributed by atoms with van der Waals surface area (Å²) in [6, 6.07) is -0.611.